The van der Waals surface area contributed by atoms with Crippen molar-refractivity contribution in [3.63, 3.8) is 0 Å². The molecule has 18 heteroatoms. The lowest BCUT2D eigenvalue weighted by atomic mass is 9.83. The number of carbonyl (C=O) groups is 8. The topological polar surface area (TPSA) is 222 Å². The van der Waals surface area contributed by atoms with Crippen molar-refractivity contribution in [2.45, 2.75) is 192 Å². The van der Waals surface area contributed by atoms with Crippen LogP contribution in [0.15, 0.2) is 0 Å². The molecule has 4 aliphatic carbocycles. The second kappa shape index (κ2) is 20.5. The zero-order chi connectivity index (χ0) is 48.5. The van der Waals surface area contributed by atoms with Gasteiger partial charge >= 0.3 is 24.1 Å². The van der Waals surface area contributed by atoms with Crippen LogP contribution < -0.4 is 10.6 Å². The number of alkyl carbamates (subject to hydrolysis) is 2. The summed E-state index contributed by atoms with van der Waals surface area (Å²) in [6, 6.07) is -2.88. The predicted molar refractivity (Wildman–Crippen MR) is 243 cm³/mol. The molecule has 0 aromatic rings. The average Bonchev–Trinajstić information content (AvgIpc) is 4.15. The third-order valence-electron chi connectivity index (χ3n) is 15.2. The Labute approximate surface area is 395 Å². The van der Waals surface area contributed by atoms with Crippen LogP contribution in [0.3, 0.4) is 0 Å². The molecule has 4 aliphatic heterocycles. The molecule has 4 saturated carbocycles. The van der Waals surface area contributed by atoms with Gasteiger partial charge in [0.2, 0.25) is 23.6 Å². The Kier molecular flexibility index (Phi) is 15.4. The van der Waals surface area contributed by atoms with Crippen molar-refractivity contribution in [1.82, 2.24) is 30.2 Å². The number of hydrogen-bond donors (Lipinski definition) is 3. The maximum Gasteiger partial charge on any atom is 0.408 e. The van der Waals surface area contributed by atoms with Gasteiger partial charge in [0.15, 0.2) is 0 Å². The van der Waals surface area contributed by atoms with Crippen LogP contribution in [0.25, 0.3) is 0 Å². The number of carboxylic acid groups (broad SMARTS) is 1. The normalized spacial score (nSPS) is 28.6. The first-order valence-corrected chi connectivity index (χ1v) is 25.2. The number of fused-ring (bicyclic) bond motifs is 2. The molecule has 0 aromatic carbocycles. The summed E-state index contributed by atoms with van der Waals surface area (Å²) in [7, 11) is 1.35. The molecule has 8 atom stereocenters. The fraction of sp³-hybridized carbons (Fsp3) is 0.837. The summed E-state index contributed by atoms with van der Waals surface area (Å²) in [6.07, 6.45) is 13.1. The lowest BCUT2D eigenvalue weighted by Crippen LogP contribution is -2.56. The van der Waals surface area contributed by atoms with Gasteiger partial charge in [0, 0.05) is 38.0 Å². The van der Waals surface area contributed by atoms with Crippen LogP contribution in [0.2, 0.25) is 0 Å². The second-order valence-corrected chi connectivity index (χ2v) is 22.4. The van der Waals surface area contributed by atoms with Crippen molar-refractivity contribution in [1.29, 1.82) is 0 Å². The van der Waals surface area contributed by atoms with Gasteiger partial charge in [-0.3, -0.25) is 28.8 Å². The molecule has 6 amide bonds. The maximum absolute atomic E-state index is 14.0. The molecule has 8 fully saturated rings. The zero-order valence-corrected chi connectivity index (χ0v) is 40.8. The van der Waals surface area contributed by atoms with Crippen LogP contribution in [0.4, 0.5) is 9.59 Å². The van der Waals surface area contributed by atoms with Gasteiger partial charge < -0.3 is 49.6 Å². The number of ether oxygens (including phenoxy) is 3. The highest BCUT2D eigenvalue weighted by molar-refractivity contribution is 5.90. The smallest absolute Gasteiger partial charge is 0.408 e. The number of rotatable bonds is 10. The van der Waals surface area contributed by atoms with Crippen molar-refractivity contribution in [2.24, 2.45) is 35.5 Å². The Hall–Kier alpha value is -4.64. The van der Waals surface area contributed by atoms with E-state index in [1.807, 2.05) is 4.90 Å². The SMILES string of the molecule is CC(C)(C)OC(=O)N[C@H](C(=O)N1CC[C@@H]2[C@H]1[C@@H](C(=O)O)CN2C(=O)C1CC1)C1CCCCC1.COC(=O)[C@H]1CN(C(=O)C2CC2)[C@@H]2CCN(C(=O)[C@@H](NC(=O)OC(C)(C)C)C3CCCCC3)[C@H]12. The van der Waals surface area contributed by atoms with Gasteiger partial charge in [-0.05, 0) is 118 Å². The monoisotopic (exact) mass is 941 g/mol. The molecule has 0 bridgehead atoms. The fourth-order valence-electron chi connectivity index (χ4n) is 11.8. The molecule has 0 aromatic heterocycles. The summed E-state index contributed by atoms with van der Waals surface area (Å²) in [5.41, 5.74) is -1.36. The van der Waals surface area contributed by atoms with E-state index in [0.717, 1.165) is 89.9 Å². The lowest BCUT2D eigenvalue weighted by Gasteiger charge is -2.36. The number of methoxy groups -OCH3 is 1. The van der Waals surface area contributed by atoms with E-state index >= 15 is 0 Å². The summed E-state index contributed by atoms with van der Waals surface area (Å²) < 4.78 is 16.0. The number of nitrogens with one attached hydrogen (secondary N) is 2. The van der Waals surface area contributed by atoms with E-state index < -0.39 is 71.3 Å². The molecule has 8 rings (SSSR count). The fourth-order valence-corrected chi connectivity index (χ4v) is 11.8. The minimum absolute atomic E-state index is 0.00627. The highest BCUT2D eigenvalue weighted by atomic mass is 16.6. The van der Waals surface area contributed by atoms with Crippen LogP contribution in [0, 0.1) is 35.5 Å². The zero-order valence-electron chi connectivity index (χ0n) is 40.8. The summed E-state index contributed by atoms with van der Waals surface area (Å²) in [5, 5.41) is 15.6. The Morgan fingerprint density at radius 1 is 0.522 bits per heavy atom. The number of hydrogen-bond acceptors (Lipinski definition) is 11. The highest BCUT2D eigenvalue weighted by Gasteiger charge is 2.58. The largest absolute Gasteiger partial charge is 0.481 e. The van der Waals surface area contributed by atoms with Crippen LogP contribution in [-0.4, -0.2) is 153 Å². The molecular formula is C49H76N6O12. The summed E-state index contributed by atoms with van der Waals surface area (Å²) in [4.78, 5) is 111. The second-order valence-electron chi connectivity index (χ2n) is 22.4. The Bertz CT molecular complexity index is 1880. The van der Waals surface area contributed by atoms with Gasteiger partial charge in [-0.1, -0.05) is 38.5 Å². The first kappa shape index (κ1) is 50.2. The molecule has 18 nitrogen and oxygen atoms in total. The molecular weight excluding hydrogens is 865 g/mol. The Balaban J connectivity index is 0.000000199. The van der Waals surface area contributed by atoms with Gasteiger partial charge in [-0.25, -0.2) is 9.59 Å². The van der Waals surface area contributed by atoms with Gasteiger partial charge in [0.1, 0.15) is 23.3 Å². The highest BCUT2D eigenvalue weighted by Crippen LogP contribution is 2.43. The standard InChI is InChI=1S/C25H39N3O6.C24H37N3O6/c1-25(2,3)34-24(32)26-19(15-8-6-5-7-9-15)22(30)27-13-12-18-20(27)17(23(31)33-4)14-28(18)21(29)16-10-11-16;1-24(2,3)33-23(32)25-18(14-7-5-4-6-8-14)21(29)26-12-11-17-19(26)16(22(30)31)13-27(17)20(28)15-9-10-15/h15-20H,5-14H2,1-4H3,(H,26,32);14-19H,4-13H2,1-3H3,(H,25,32)(H,30,31)/t17-,18+,19-,20+;16-,17+,18-,19+/m00/s1. The quantitative estimate of drug-likeness (QED) is 0.198. The minimum Gasteiger partial charge on any atom is -0.481 e. The van der Waals surface area contributed by atoms with Gasteiger partial charge in [-0.2, -0.15) is 0 Å². The third-order valence-corrected chi connectivity index (χ3v) is 15.2. The number of aliphatic carboxylic acids is 1. The molecule has 4 saturated heterocycles. The van der Waals surface area contributed by atoms with E-state index in [1.165, 1.54) is 7.11 Å². The van der Waals surface area contributed by atoms with Crippen LogP contribution >= 0.6 is 0 Å². The first-order chi connectivity index (χ1) is 31.7. The number of carboxylic acids is 1. The average molecular weight is 941 g/mol. The van der Waals surface area contributed by atoms with Crippen molar-refractivity contribution >= 4 is 47.8 Å². The molecule has 0 radical (unpaired) electrons. The third kappa shape index (κ3) is 11.8. The van der Waals surface area contributed by atoms with Crippen LogP contribution in [-0.2, 0) is 43.0 Å². The first-order valence-electron chi connectivity index (χ1n) is 25.2. The molecule has 67 heavy (non-hydrogen) atoms. The predicted octanol–water partition coefficient (Wildman–Crippen LogP) is 4.85. The van der Waals surface area contributed by atoms with Gasteiger partial charge in [0.05, 0.1) is 43.1 Å². The lowest BCUT2D eigenvalue weighted by molar-refractivity contribution is -0.149. The van der Waals surface area contributed by atoms with Gasteiger partial charge in [-0.15, -0.1) is 0 Å². The summed E-state index contributed by atoms with van der Waals surface area (Å²) in [5.74, 6) is -2.99. The van der Waals surface area contributed by atoms with Crippen molar-refractivity contribution in [3.8, 4) is 0 Å². The van der Waals surface area contributed by atoms with Crippen LogP contribution in [0.1, 0.15) is 144 Å². The molecule has 3 N–H and O–H groups in total. The van der Waals surface area contributed by atoms with Crippen molar-refractivity contribution in [2.75, 3.05) is 33.3 Å². The van der Waals surface area contributed by atoms with E-state index in [4.69, 9.17) is 14.2 Å². The van der Waals surface area contributed by atoms with Crippen molar-refractivity contribution < 1.29 is 57.7 Å². The van der Waals surface area contributed by atoms with E-state index in [0.29, 0.717) is 25.9 Å². The Morgan fingerprint density at radius 2 is 0.896 bits per heavy atom. The van der Waals surface area contributed by atoms with E-state index in [-0.39, 0.29) is 72.5 Å². The number of carbonyl (C=O) groups excluding carboxylic acids is 7. The molecule has 4 heterocycles. The summed E-state index contributed by atoms with van der Waals surface area (Å²) in [6.45, 7) is 12.0. The molecule has 0 unspecified atom stereocenters. The molecule has 374 valence electrons. The number of amides is 6. The summed E-state index contributed by atoms with van der Waals surface area (Å²) >= 11 is 0. The van der Waals surface area contributed by atoms with E-state index in [1.54, 1.807) is 56.2 Å². The van der Waals surface area contributed by atoms with Crippen LogP contribution in [0.5, 0.6) is 0 Å². The number of likely N-dealkylation sites (tertiary alicyclic amines) is 4. The Morgan fingerprint density at radius 3 is 1.24 bits per heavy atom. The number of esters is 1. The van der Waals surface area contributed by atoms with E-state index in [2.05, 4.69) is 10.6 Å². The van der Waals surface area contributed by atoms with E-state index in [9.17, 15) is 43.5 Å². The molecule has 0 spiro atoms. The van der Waals surface area contributed by atoms with Gasteiger partial charge in [0.25, 0.3) is 0 Å². The maximum atomic E-state index is 14.0. The van der Waals surface area contributed by atoms with Crippen molar-refractivity contribution in [3.05, 3.63) is 0 Å². The molecule has 8 aliphatic rings. The number of nitrogens with zero attached hydrogens (tertiary/aromatic N) is 4. The minimum atomic E-state index is -0.981.